The zero-order chi connectivity index (χ0) is 19.3. The summed E-state index contributed by atoms with van der Waals surface area (Å²) in [7, 11) is 1.77. The summed E-state index contributed by atoms with van der Waals surface area (Å²) in [6.07, 6.45) is -2.88. The van der Waals surface area contributed by atoms with E-state index in [4.69, 9.17) is 5.11 Å². The minimum Gasteiger partial charge on any atom is -0.480 e. The molecule has 1 saturated heterocycles. The number of carboxylic acids is 1. The van der Waals surface area contributed by atoms with Gasteiger partial charge in [-0.05, 0) is 44.2 Å². The Labute approximate surface area is 149 Å². The first kappa shape index (κ1) is 20.2. The number of carboxylic acid groups (broad SMARTS) is 1. The van der Waals surface area contributed by atoms with E-state index in [1.807, 2.05) is 4.90 Å². The number of amides is 1. The molecule has 2 rings (SSSR count). The summed E-state index contributed by atoms with van der Waals surface area (Å²) in [5, 5.41) is 11.4. The van der Waals surface area contributed by atoms with Gasteiger partial charge in [0.1, 0.15) is 0 Å². The number of likely N-dealkylation sites (tertiary alicyclic amines) is 1. The van der Waals surface area contributed by atoms with Crippen LogP contribution < -0.4 is 5.32 Å². The number of carbonyl (C=O) groups is 2. The van der Waals surface area contributed by atoms with Gasteiger partial charge in [-0.25, -0.2) is 0 Å². The summed E-state index contributed by atoms with van der Waals surface area (Å²) in [4.78, 5) is 26.5. The molecule has 1 aliphatic heterocycles. The molecule has 0 saturated carbocycles. The molecule has 26 heavy (non-hydrogen) atoms. The Morgan fingerprint density at radius 3 is 2.31 bits per heavy atom. The molecule has 0 aromatic heterocycles. The molecule has 1 aromatic carbocycles. The number of nitrogens with zero attached hydrogens (tertiary/aromatic N) is 2. The third kappa shape index (κ3) is 5.99. The van der Waals surface area contributed by atoms with Crippen LogP contribution in [0.15, 0.2) is 24.3 Å². The second-order valence-corrected chi connectivity index (χ2v) is 6.44. The Hall–Kier alpha value is -2.13. The third-order valence-electron chi connectivity index (χ3n) is 4.43. The molecule has 6 nitrogen and oxygen atoms in total. The molecule has 1 aromatic rings. The van der Waals surface area contributed by atoms with Crippen LogP contribution in [0, 0.1) is 0 Å². The summed E-state index contributed by atoms with van der Waals surface area (Å²) >= 11 is 0. The number of benzene rings is 1. The fourth-order valence-electron chi connectivity index (χ4n) is 3.01. The number of likely N-dealkylation sites (N-methyl/N-ethyl adjacent to an activating group) is 1. The van der Waals surface area contributed by atoms with Gasteiger partial charge >= 0.3 is 12.1 Å². The first-order valence-corrected chi connectivity index (χ1v) is 8.26. The highest BCUT2D eigenvalue weighted by Gasteiger charge is 2.30. The van der Waals surface area contributed by atoms with Crippen LogP contribution in [-0.2, 0) is 15.8 Å². The van der Waals surface area contributed by atoms with Crippen molar-refractivity contribution in [1.29, 1.82) is 0 Å². The maximum absolute atomic E-state index is 12.5. The van der Waals surface area contributed by atoms with E-state index in [0.717, 1.165) is 25.0 Å². The van der Waals surface area contributed by atoms with Crippen LogP contribution in [0.1, 0.15) is 18.4 Å². The van der Waals surface area contributed by atoms with Crippen LogP contribution in [-0.4, -0.2) is 66.1 Å². The lowest BCUT2D eigenvalue weighted by molar-refractivity contribution is -0.139. The molecule has 9 heteroatoms. The smallest absolute Gasteiger partial charge is 0.416 e. The van der Waals surface area contributed by atoms with E-state index in [2.05, 4.69) is 5.32 Å². The molecule has 2 N–H and O–H groups in total. The monoisotopic (exact) mass is 373 g/mol. The van der Waals surface area contributed by atoms with Gasteiger partial charge in [0.2, 0.25) is 5.91 Å². The number of hydrogen-bond donors (Lipinski definition) is 2. The van der Waals surface area contributed by atoms with Crippen molar-refractivity contribution in [3.05, 3.63) is 29.8 Å². The Kier molecular flexibility index (Phi) is 6.60. The first-order chi connectivity index (χ1) is 12.1. The molecule has 0 bridgehead atoms. The summed E-state index contributed by atoms with van der Waals surface area (Å²) in [5.74, 6) is -1.16. The molecule has 144 valence electrons. The highest BCUT2D eigenvalue weighted by Crippen LogP contribution is 2.29. The van der Waals surface area contributed by atoms with Crippen LogP contribution in [0.4, 0.5) is 18.9 Å². The zero-order valence-electron chi connectivity index (χ0n) is 14.4. The van der Waals surface area contributed by atoms with Gasteiger partial charge in [0.05, 0.1) is 18.7 Å². The van der Waals surface area contributed by atoms with Gasteiger partial charge in [0, 0.05) is 24.8 Å². The highest BCUT2D eigenvalue weighted by molar-refractivity contribution is 5.92. The molecule has 0 spiro atoms. The molecular formula is C17H22F3N3O3. The minimum atomic E-state index is -4.40. The standard InChI is InChI=1S/C17H22F3N3O3/c1-22(11-16(25)26)14-6-8-23(9-7-14)10-15(24)21-13-4-2-12(3-5-13)17(18,19)20/h2-5,14H,6-11H2,1H3,(H,21,24)(H,25,26). The third-order valence-corrected chi connectivity index (χ3v) is 4.43. The van der Waals surface area contributed by atoms with Crippen molar-refractivity contribution in [2.24, 2.45) is 0 Å². The van der Waals surface area contributed by atoms with Crippen LogP contribution in [0.5, 0.6) is 0 Å². The Morgan fingerprint density at radius 2 is 1.81 bits per heavy atom. The SMILES string of the molecule is CN(CC(=O)O)C1CCN(CC(=O)Nc2ccc(C(F)(F)F)cc2)CC1. The molecule has 1 amide bonds. The molecule has 1 fully saturated rings. The quantitative estimate of drug-likeness (QED) is 0.799. The van der Waals surface area contributed by atoms with Gasteiger partial charge in [0.15, 0.2) is 0 Å². The average molecular weight is 373 g/mol. The van der Waals surface area contributed by atoms with E-state index in [-0.39, 0.29) is 25.0 Å². The fourth-order valence-corrected chi connectivity index (χ4v) is 3.01. The number of rotatable bonds is 6. The number of nitrogens with one attached hydrogen (secondary N) is 1. The lowest BCUT2D eigenvalue weighted by Crippen LogP contribution is -2.46. The molecule has 0 unspecified atom stereocenters. The molecule has 1 heterocycles. The van der Waals surface area contributed by atoms with Crippen LogP contribution in [0.2, 0.25) is 0 Å². The Bertz CT molecular complexity index is 626. The van der Waals surface area contributed by atoms with Crippen molar-refractivity contribution in [2.45, 2.75) is 25.1 Å². The van der Waals surface area contributed by atoms with Crippen LogP contribution >= 0.6 is 0 Å². The van der Waals surface area contributed by atoms with E-state index in [9.17, 15) is 22.8 Å². The molecular weight excluding hydrogens is 351 g/mol. The number of anilines is 1. The van der Waals surface area contributed by atoms with Gasteiger partial charge in [0.25, 0.3) is 0 Å². The van der Waals surface area contributed by atoms with Gasteiger partial charge in [-0.2, -0.15) is 13.2 Å². The summed E-state index contributed by atoms with van der Waals surface area (Å²) in [5.41, 5.74) is -0.442. The minimum absolute atomic E-state index is 0.0148. The van der Waals surface area contributed by atoms with Gasteiger partial charge in [-0.1, -0.05) is 0 Å². The maximum atomic E-state index is 12.5. The maximum Gasteiger partial charge on any atom is 0.416 e. The number of aliphatic carboxylic acids is 1. The summed E-state index contributed by atoms with van der Waals surface area (Å²) < 4.78 is 37.6. The van der Waals surface area contributed by atoms with Crippen molar-refractivity contribution in [3.63, 3.8) is 0 Å². The second-order valence-electron chi connectivity index (χ2n) is 6.44. The number of carbonyl (C=O) groups excluding carboxylic acids is 1. The van der Waals surface area contributed by atoms with Crippen molar-refractivity contribution in [3.8, 4) is 0 Å². The molecule has 0 radical (unpaired) electrons. The van der Waals surface area contributed by atoms with E-state index in [1.165, 1.54) is 12.1 Å². The predicted molar refractivity (Wildman–Crippen MR) is 89.8 cm³/mol. The average Bonchev–Trinajstić information content (AvgIpc) is 2.54. The summed E-state index contributed by atoms with van der Waals surface area (Å²) in [6, 6.07) is 4.49. The van der Waals surface area contributed by atoms with E-state index in [0.29, 0.717) is 18.8 Å². The Morgan fingerprint density at radius 1 is 1.23 bits per heavy atom. The van der Waals surface area contributed by atoms with Crippen molar-refractivity contribution in [2.75, 3.05) is 38.5 Å². The van der Waals surface area contributed by atoms with E-state index >= 15 is 0 Å². The zero-order valence-corrected chi connectivity index (χ0v) is 14.4. The van der Waals surface area contributed by atoms with Crippen LogP contribution in [0.3, 0.4) is 0 Å². The first-order valence-electron chi connectivity index (χ1n) is 8.26. The van der Waals surface area contributed by atoms with Crippen molar-refractivity contribution >= 4 is 17.6 Å². The predicted octanol–water partition coefficient (Wildman–Crippen LogP) is 2.12. The number of alkyl halides is 3. The molecule has 0 atom stereocenters. The number of piperidine rings is 1. The van der Waals surface area contributed by atoms with Crippen molar-refractivity contribution < 1.29 is 27.9 Å². The number of hydrogen-bond acceptors (Lipinski definition) is 4. The largest absolute Gasteiger partial charge is 0.480 e. The number of halogens is 3. The summed E-state index contributed by atoms with van der Waals surface area (Å²) in [6.45, 7) is 1.46. The highest BCUT2D eigenvalue weighted by atomic mass is 19.4. The van der Waals surface area contributed by atoms with Gasteiger partial charge in [-0.15, -0.1) is 0 Å². The van der Waals surface area contributed by atoms with E-state index in [1.54, 1.807) is 11.9 Å². The van der Waals surface area contributed by atoms with Gasteiger partial charge < -0.3 is 10.4 Å². The molecule has 0 aliphatic carbocycles. The Balaban J connectivity index is 1.78. The topological polar surface area (TPSA) is 72.9 Å². The van der Waals surface area contributed by atoms with Crippen molar-refractivity contribution in [1.82, 2.24) is 9.80 Å². The fraction of sp³-hybridized carbons (Fsp3) is 0.529. The van der Waals surface area contributed by atoms with E-state index < -0.39 is 17.7 Å². The molecule has 1 aliphatic rings. The van der Waals surface area contributed by atoms with Crippen LogP contribution in [0.25, 0.3) is 0 Å². The second kappa shape index (κ2) is 8.50. The lowest BCUT2D eigenvalue weighted by atomic mass is 10.0. The lowest BCUT2D eigenvalue weighted by Gasteiger charge is -2.35. The van der Waals surface area contributed by atoms with Gasteiger partial charge in [-0.3, -0.25) is 19.4 Å². The normalized spacial score (nSPS) is 16.7.